The molecule has 9 nitrogen and oxygen atoms in total. The van der Waals surface area contributed by atoms with E-state index in [-0.39, 0.29) is 38.6 Å². The standard InChI is InChI=1S/C32H28N4O5/c1-39-26-15-13-21-14-16-27(40-2)25-18-34-30(38)36-20-41-19-35-29(37)33(17-24(26)28(21)25)31(34,22-9-5-3-6-10-22)32(35,36)23-11-7-4-8-12-23/h3-16H,17-20H2,1-2H3. The molecule has 0 bridgehead atoms. The lowest BCUT2D eigenvalue weighted by Gasteiger charge is -2.52. The van der Waals surface area contributed by atoms with Gasteiger partial charge in [0.25, 0.3) is 0 Å². The Morgan fingerprint density at radius 1 is 0.610 bits per heavy atom. The molecule has 0 aromatic heterocycles. The second-order valence-corrected chi connectivity index (χ2v) is 10.7. The number of hydrogen-bond acceptors (Lipinski definition) is 5. The van der Waals surface area contributed by atoms with Crippen LogP contribution < -0.4 is 9.47 Å². The molecule has 206 valence electrons. The maximum Gasteiger partial charge on any atom is 0.326 e. The van der Waals surface area contributed by atoms with E-state index in [1.165, 1.54) is 0 Å². The van der Waals surface area contributed by atoms with Gasteiger partial charge in [-0.25, -0.2) is 9.59 Å². The summed E-state index contributed by atoms with van der Waals surface area (Å²) in [6.45, 7) is 0.510. The molecule has 8 rings (SSSR count). The highest BCUT2D eigenvalue weighted by atomic mass is 16.5. The predicted molar refractivity (Wildman–Crippen MR) is 150 cm³/mol. The predicted octanol–water partition coefficient (Wildman–Crippen LogP) is 5.00. The minimum atomic E-state index is -1.24. The van der Waals surface area contributed by atoms with Crippen LogP contribution in [0.4, 0.5) is 9.59 Å². The van der Waals surface area contributed by atoms with Crippen molar-refractivity contribution < 1.29 is 23.8 Å². The number of nitrogens with zero attached hydrogens (tertiary/aromatic N) is 4. The summed E-state index contributed by atoms with van der Waals surface area (Å²) in [7, 11) is 3.29. The highest BCUT2D eigenvalue weighted by Gasteiger charge is 2.81. The van der Waals surface area contributed by atoms with Crippen molar-refractivity contribution in [3.05, 3.63) is 107 Å². The quantitative estimate of drug-likeness (QED) is 0.359. The Labute approximate surface area is 237 Å². The van der Waals surface area contributed by atoms with Crippen LogP contribution in [0.2, 0.25) is 0 Å². The molecular weight excluding hydrogens is 520 g/mol. The number of amides is 4. The van der Waals surface area contributed by atoms with Crippen LogP contribution >= 0.6 is 0 Å². The maximum absolute atomic E-state index is 14.8. The molecular formula is C32H28N4O5. The highest BCUT2D eigenvalue weighted by molar-refractivity contribution is 5.96. The summed E-state index contributed by atoms with van der Waals surface area (Å²) in [5.74, 6) is 1.35. The minimum Gasteiger partial charge on any atom is -0.496 e. The summed E-state index contributed by atoms with van der Waals surface area (Å²) in [5.41, 5.74) is 0.989. The molecule has 41 heavy (non-hydrogen) atoms. The number of carbonyl (C=O) groups is 2. The fourth-order valence-corrected chi connectivity index (χ4v) is 7.69. The molecule has 4 heterocycles. The van der Waals surface area contributed by atoms with Crippen molar-refractivity contribution in [3.8, 4) is 11.5 Å². The Morgan fingerprint density at radius 3 is 1.49 bits per heavy atom. The Hall–Kier alpha value is -4.76. The van der Waals surface area contributed by atoms with Crippen molar-refractivity contribution in [1.29, 1.82) is 0 Å². The van der Waals surface area contributed by atoms with Crippen LogP contribution in [-0.4, -0.2) is 59.3 Å². The van der Waals surface area contributed by atoms with E-state index in [1.54, 1.807) is 24.0 Å². The van der Waals surface area contributed by atoms with Gasteiger partial charge in [-0.1, -0.05) is 72.8 Å². The van der Waals surface area contributed by atoms with E-state index >= 15 is 0 Å². The largest absolute Gasteiger partial charge is 0.496 e. The molecule has 0 radical (unpaired) electrons. The SMILES string of the molecule is COc1ccc2ccc(OC)c3c2c1CN1C(=O)N2COCN4C(=O)N(C3)C1(c1ccccc1)C24c1ccccc1. The van der Waals surface area contributed by atoms with E-state index in [0.29, 0.717) is 11.5 Å². The molecule has 0 aliphatic carbocycles. The lowest BCUT2D eigenvalue weighted by Crippen LogP contribution is -2.65. The van der Waals surface area contributed by atoms with E-state index < -0.39 is 11.3 Å². The van der Waals surface area contributed by atoms with E-state index in [4.69, 9.17) is 14.2 Å². The van der Waals surface area contributed by atoms with Gasteiger partial charge in [0.2, 0.25) is 0 Å². The first kappa shape index (κ1) is 24.1. The Morgan fingerprint density at radius 2 is 1.05 bits per heavy atom. The molecule has 0 atom stereocenters. The number of ether oxygens (including phenoxy) is 3. The summed E-state index contributed by atoms with van der Waals surface area (Å²) in [6.07, 6.45) is 0. The third-order valence-corrected chi connectivity index (χ3v) is 9.15. The summed E-state index contributed by atoms with van der Waals surface area (Å²) >= 11 is 0. The van der Waals surface area contributed by atoms with Crippen molar-refractivity contribution >= 4 is 22.8 Å². The fraction of sp³-hybridized carbons (Fsp3) is 0.250. The van der Waals surface area contributed by atoms with Crippen LogP contribution in [0, 0.1) is 0 Å². The Bertz CT molecular complexity index is 1650. The van der Waals surface area contributed by atoms with Gasteiger partial charge >= 0.3 is 12.1 Å². The average Bonchev–Trinajstić information content (AvgIpc) is 3.37. The monoisotopic (exact) mass is 548 g/mol. The van der Waals surface area contributed by atoms with Gasteiger partial charge in [-0.05, 0) is 22.9 Å². The van der Waals surface area contributed by atoms with E-state index in [1.807, 2.05) is 94.7 Å². The number of carbonyl (C=O) groups excluding carboxylic acids is 2. The first-order valence-electron chi connectivity index (χ1n) is 13.6. The van der Waals surface area contributed by atoms with Crippen molar-refractivity contribution in [2.24, 2.45) is 0 Å². The van der Waals surface area contributed by atoms with Crippen molar-refractivity contribution in [3.63, 3.8) is 0 Å². The van der Waals surface area contributed by atoms with Crippen LogP contribution in [0.5, 0.6) is 11.5 Å². The molecule has 9 heteroatoms. The molecule has 0 N–H and O–H groups in total. The third kappa shape index (κ3) is 2.69. The zero-order valence-electron chi connectivity index (χ0n) is 22.7. The van der Waals surface area contributed by atoms with E-state index in [2.05, 4.69) is 0 Å². The van der Waals surface area contributed by atoms with Crippen molar-refractivity contribution in [2.75, 3.05) is 27.7 Å². The summed E-state index contributed by atoms with van der Waals surface area (Å²) < 4.78 is 17.8. The van der Waals surface area contributed by atoms with Gasteiger partial charge in [0.1, 0.15) is 25.0 Å². The average molecular weight is 549 g/mol. The number of benzene rings is 4. The molecule has 4 aromatic rings. The van der Waals surface area contributed by atoms with Gasteiger partial charge < -0.3 is 14.2 Å². The summed E-state index contributed by atoms with van der Waals surface area (Å²) in [5, 5.41) is 1.92. The van der Waals surface area contributed by atoms with Gasteiger partial charge in [-0.3, -0.25) is 19.6 Å². The summed E-state index contributed by atoms with van der Waals surface area (Å²) in [6, 6.07) is 27.2. The fourth-order valence-electron chi connectivity index (χ4n) is 7.69. The normalized spacial score (nSPS) is 24.4. The lowest BCUT2D eigenvalue weighted by atomic mass is 9.78. The van der Waals surface area contributed by atoms with Gasteiger partial charge in [-0.15, -0.1) is 0 Å². The molecule has 4 aromatic carbocycles. The van der Waals surface area contributed by atoms with E-state index in [0.717, 1.165) is 33.0 Å². The number of rotatable bonds is 4. The number of urea groups is 2. The topological polar surface area (TPSA) is 74.8 Å². The molecule has 3 fully saturated rings. The smallest absolute Gasteiger partial charge is 0.326 e. The molecule has 0 saturated carbocycles. The van der Waals surface area contributed by atoms with Crippen LogP contribution in [0.15, 0.2) is 84.9 Å². The molecule has 4 aliphatic rings. The minimum absolute atomic E-state index is 0.0496. The zero-order valence-corrected chi connectivity index (χ0v) is 22.7. The van der Waals surface area contributed by atoms with Gasteiger partial charge in [0.05, 0.1) is 27.3 Å². The molecule has 3 saturated heterocycles. The van der Waals surface area contributed by atoms with Crippen LogP contribution in [0.25, 0.3) is 10.8 Å². The molecule has 4 aliphatic heterocycles. The number of methoxy groups -OCH3 is 2. The first-order chi connectivity index (χ1) is 20.1. The van der Waals surface area contributed by atoms with Gasteiger partial charge in [-0.2, -0.15) is 0 Å². The zero-order chi connectivity index (χ0) is 27.9. The van der Waals surface area contributed by atoms with Crippen LogP contribution in [-0.2, 0) is 29.2 Å². The second-order valence-electron chi connectivity index (χ2n) is 10.7. The Kier molecular flexibility index (Phi) is 4.92. The number of hydrogen-bond donors (Lipinski definition) is 0. The van der Waals surface area contributed by atoms with Crippen LogP contribution in [0.3, 0.4) is 0 Å². The van der Waals surface area contributed by atoms with E-state index in [9.17, 15) is 9.59 Å². The van der Waals surface area contributed by atoms with Gasteiger partial charge in [0, 0.05) is 22.3 Å². The summed E-state index contributed by atoms with van der Waals surface area (Å²) in [4.78, 5) is 36.7. The van der Waals surface area contributed by atoms with Crippen LogP contribution in [0.1, 0.15) is 22.3 Å². The highest BCUT2D eigenvalue weighted by Crippen LogP contribution is 2.64. The lowest BCUT2D eigenvalue weighted by molar-refractivity contribution is -0.180. The molecule has 4 amide bonds. The maximum atomic E-state index is 14.8. The first-order valence-corrected chi connectivity index (χ1v) is 13.6. The molecule has 0 unspecified atom stereocenters. The van der Waals surface area contributed by atoms with Crippen molar-refractivity contribution in [2.45, 2.75) is 24.4 Å². The second kappa shape index (κ2) is 8.37. The molecule has 0 spiro atoms. The van der Waals surface area contributed by atoms with Gasteiger partial charge in [0.15, 0.2) is 11.3 Å². The third-order valence-electron chi connectivity index (χ3n) is 9.15. The Balaban J connectivity index is 1.54. The van der Waals surface area contributed by atoms with Crippen molar-refractivity contribution in [1.82, 2.24) is 19.6 Å².